The molecule has 1 aliphatic heterocycles. The quantitative estimate of drug-likeness (QED) is 0.609. The first-order valence-corrected chi connectivity index (χ1v) is 8.26. The lowest BCUT2D eigenvalue weighted by Gasteiger charge is -2.17. The van der Waals surface area contributed by atoms with E-state index >= 15 is 0 Å². The van der Waals surface area contributed by atoms with Gasteiger partial charge >= 0.3 is 0 Å². The van der Waals surface area contributed by atoms with E-state index in [-0.39, 0.29) is 0 Å². The van der Waals surface area contributed by atoms with E-state index in [0.29, 0.717) is 6.04 Å². The Morgan fingerprint density at radius 3 is 2.44 bits per heavy atom. The fourth-order valence-corrected chi connectivity index (χ4v) is 3.82. The van der Waals surface area contributed by atoms with Gasteiger partial charge in [-0.05, 0) is 25.0 Å². The van der Waals surface area contributed by atoms with E-state index in [4.69, 9.17) is 5.73 Å². The minimum Gasteiger partial charge on any atom is -0.327 e. The van der Waals surface area contributed by atoms with Crippen molar-refractivity contribution in [3.05, 3.63) is 0 Å². The summed E-state index contributed by atoms with van der Waals surface area (Å²) in [6.45, 7) is 2.28. The Morgan fingerprint density at radius 2 is 1.81 bits per heavy atom. The van der Waals surface area contributed by atoms with Gasteiger partial charge in [0.15, 0.2) is 0 Å². The maximum atomic E-state index is 6.22. The molecule has 0 aromatic rings. The normalized spacial score (nSPS) is 22.5. The number of unbranched alkanes of at least 4 members (excludes halogenated alkanes) is 6. The highest BCUT2D eigenvalue weighted by Gasteiger charge is 2.21. The third-order valence-corrected chi connectivity index (χ3v) is 5.12. The molecule has 0 aliphatic carbocycles. The van der Waals surface area contributed by atoms with E-state index in [9.17, 15) is 0 Å². The van der Waals surface area contributed by atoms with Gasteiger partial charge in [-0.1, -0.05) is 51.9 Å². The fourth-order valence-electron chi connectivity index (χ4n) is 2.46. The summed E-state index contributed by atoms with van der Waals surface area (Å²) in [5.74, 6) is 1.34. The molecule has 1 heterocycles. The smallest absolute Gasteiger partial charge is 0.0199 e. The van der Waals surface area contributed by atoms with Gasteiger partial charge in [-0.15, -0.1) is 0 Å². The maximum Gasteiger partial charge on any atom is 0.0199 e. The third kappa shape index (κ3) is 6.15. The highest BCUT2D eigenvalue weighted by Crippen LogP contribution is 2.29. The third-order valence-electron chi connectivity index (χ3n) is 3.58. The zero-order valence-electron chi connectivity index (χ0n) is 10.9. The molecule has 0 amide bonds. The first-order chi connectivity index (χ1) is 7.84. The molecule has 0 radical (unpaired) electrons. The Balaban J connectivity index is 1.86. The molecule has 1 rings (SSSR count). The summed E-state index contributed by atoms with van der Waals surface area (Å²) < 4.78 is 0. The minimum atomic E-state index is 0.475. The summed E-state index contributed by atoms with van der Waals surface area (Å²) >= 11 is 2.10. The molecular weight excluding hydrogens is 214 g/mol. The van der Waals surface area contributed by atoms with Crippen LogP contribution in [0.15, 0.2) is 0 Å². The van der Waals surface area contributed by atoms with Gasteiger partial charge in [-0.3, -0.25) is 0 Å². The zero-order chi connectivity index (χ0) is 11.6. The molecule has 0 bridgehead atoms. The van der Waals surface area contributed by atoms with Crippen molar-refractivity contribution in [1.29, 1.82) is 0 Å². The molecule has 0 aromatic carbocycles. The van der Waals surface area contributed by atoms with E-state index in [1.54, 1.807) is 0 Å². The lowest BCUT2D eigenvalue weighted by molar-refractivity contribution is 0.512. The molecule has 2 N–H and O–H groups in total. The first kappa shape index (κ1) is 14.4. The van der Waals surface area contributed by atoms with Crippen molar-refractivity contribution in [3.63, 3.8) is 0 Å². The van der Waals surface area contributed by atoms with Crippen molar-refractivity contribution in [1.82, 2.24) is 0 Å². The fraction of sp³-hybridized carbons (Fsp3) is 1.00. The summed E-state index contributed by atoms with van der Waals surface area (Å²) in [6.07, 6.45) is 13.8. The van der Waals surface area contributed by atoms with Gasteiger partial charge in [-0.25, -0.2) is 0 Å². The van der Waals surface area contributed by atoms with Crippen molar-refractivity contribution in [2.75, 3.05) is 5.75 Å². The van der Waals surface area contributed by atoms with Gasteiger partial charge in [0, 0.05) is 11.3 Å². The molecule has 0 aromatic heterocycles. The molecule has 2 unspecified atom stereocenters. The molecule has 1 fully saturated rings. The molecule has 1 aliphatic rings. The predicted octanol–water partition coefficient (Wildman–Crippen LogP) is 4.35. The average Bonchev–Trinajstić information content (AvgIpc) is 2.81. The summed E-state index contributed by atoms with van der Waals surface area (Å²) in [5, 5.41) is 0.778. The minimum absolute atomic E-state index is 0.475. The molecule has 96 valence electrons. The molecule has 1 saturated heterocycles. The van der Waals surface area contributed by atoms with Crippen LogP contribution in [0, 0.1) is 0 Å². The summed E-state index contributed by atoms with van der Waals surface area (Å²) in [5.41, 5.74) is 6.22. The van der Waals surface area contributed by atoms with Crippen molar-refractivity contribution >= 4 is 11.8 Å². The van der Waals surface area contributed by atoms with E-state index in [2.05, 4.69) is 18.7 Å². The summed E-state index contributed by atoms with van der Waals surface area (Å²) in [4.78, 5) is 0. The first-order valence-electron chi connectivity index (χ1n) is 7.21. The van der Waals surface area contributed by atoms with Gasteiger partial charge < -0.3 is 5.73 Å². The Kier molecular flexibility index (Phi) is 8.40. The molecule has 2 heteroatoms. The van der Waals surface area contributed by atoms with Gasteiger partial charge in [0.1, 0.15) is 0 Å². The maximum absolute atomic E-state index is 6.22. The second kappa shape index (κ2) is 9.35. The van der Waals surface area contributed by atoms with Gasteiger partial charge in [-0.2, -0.15) is 11.8 Å². The number of rotatable bonds is 9. The summed E-state index contributed by atoms with van der Waals surface area (Å²) in [7, 11) is 0. The molecule has 16 heavy (non-hydrogen) atoms. The standard InChI is InChI=1S/C14H29NS/c1-2-3-4-5-6-7-8-10-13(15)14-11-9-12-16-14/h13-14H,2-12,15H2,1H3. The van der Waals surface area contributed by atoms with Crippen LogP contribution in [0.5, 0.6) is 0 Å². The second-order valence-corrected chi connectivity index (χ2v) is 6.47. The van der Waals surface area contributed by atoms with Crippen LogP contribution in [0.1, 0.15) is 71.1 Å². The van der Waals surface area contributed by atoms with Crippen molar-refractivity contribution in [2.24, 2.45) is 5.73 Å². The van der Waals surface area contributed by atoms with Crippen molar-refractivity contribution in [2.45, 2.75) is 82.4 Å². The van der Waals surface area contributed by atoms with E-state index < -0.39 is 0 Å². The number of hydrogen-bond acceptors (Lipinski definition) is 2. The van der Waals surface area contributed by atoms with Gasteiger partial charge in [0.05, 0.1) is 0 Å². The lowest BCUT2D eigenvalue weighted by Crippen LogP contribution is -2.30. The van der Waals surface area contributed by atoms with Crippen molar-refractivity contribution < 1.29 is 0 Å². The van der Waals surface area contributed by atoms with Crippen molar-refractivity contribution in [3.8, 4) is 0 Å². The second-order valence-electron chi connectivity index (χ2n) is 5.13. The van der Waals surface area contributed by atoms with Crippen LogP contribution < -0.4 is 5.73 Å². The van der Waals surface area contributed by atoms with E-state index in [1.165, 1.54) is 70.0 Å². The average molecular weight is 243 g/mol. The van der Waals surface area contributed by atoms with Crippen LogP contribution in [0.3, 0.4) is 0 Å². The predicted molar refractivity (Wildman–Crippen MR) is 76.1 cm³/mol. The lowest BCUT2D eigenvalue weighted by atomic mass is 10.0. The van der Waals surface area contributed by atoms with Crippen LogP contribution in [0.2, 0.25) is 0 Å². The topological polar surface area (TPSA) is 26.0 Å². The number of nitrogens with two attached hydrogens (primary N) is 1. The van der Waals surface area contributed by atoms with Crippen LogP contribution in [0.25, 0.3) is 0 Å². The van der Waals surface area contributed by atoms with Gasteiger partial charge in [0.25, 0.3) is 0 Å². The molecule has 1 nitrogen and oxygen atoms in total. The Labute approximate surface area is 106 Å². The number of hydrogen-bond donors (Lipinski definition) is 1. The highest BCUT2D eigenvalue weighted by molar-refractivity contribution is 8.00. The number of thioether (sulfide) groups is 1. The van der Waals surface area contributed by atoms with Crippen LogP contribution in [-0.4, -0.2) is 17.0 Å². The SMILES string of the molecule is CCCCCCCCCC(N)C1CCCS1. The van der Waals surface area contributed by atoms with Crippen LogP contribution in [0.4, 0.5) is 0 Å². The largest absolute Gasteiger partial charge is 0.327 e. The monoisotopic (exact) mass is 243 g/mol. The van der Waals surface area contributed by atoms with Crippen LogP contribution >= 0.6 is 11.8 Å². The molecule has 2 atom stereocenters. The van der Waals surface area contributed by atoms with E-state index in [1.807, 2.05) is 0 Å². The highest BCUT2D eigenvalue weighted by atomic mass is 32.2. The molecule has 0 spiro atoms. The Morgan fingerprint density at radius 1 is 1.12 bits per heavy atom. The van der Waals surface area contributed by atoms with Crippen LogP contribution in [-0.2, 0) is 0 Å². The Hall–Kier alpha value is 0.310. The molecular formula is C14H29NS. The summed E-state index contributed by atoms with van der Waals surface area (Å²) in [6, 6.07) is 0.475. The molecule has 0 saturated carbocycles. The Bertz CT molecular complexity index is 155. The zero-order valence-corrected chi connectivity index (χ0v) is 11.7. The van der Waals surface area contributed by atoms with Gasteiger partial charge in [0.2, 0.25) is 0 Å². The van der Waals surface area contributed by atoms with E-state index in [0.717, 1.165) is 5.25 Å².